The molecule has 0 amide bonds. The third-order valence-electron chi connectivity index (χ3n) is 1.43. The second-order valence-corrected chi connectivity index (χ2v) is 6.49. The maximum Gasteiger partial charge on any atom is 0.0417 e. The van der Waals surface area contributed by atoms with E-state index in [4.69, 9.17) is 11.6 Å². The average Bonchev–Trinajstić information content (AvgIpc) is 1.86. The molecule has 0 aromatic heterocycles. The quantitative estimate of drug-likeness (QED) is 0.671. The van der Waals surface area contributed by atoms with E-state index in [1.165, 1.54) is 0 Å². The SMILES string of the molecule is C[SH](C)(=O)c1cccc(Cl)c1. The number of halogens is 1. The Morgan fingerprint density at radius 3 is 2.36 bits per heavy atom. The van der Waals surface area contributed by atoms with Crippen LogP contribution in [0.4, 0.5) is 0 Å². The van der Waals surface area contributed by atoms with Gasteiger partial charge in [0.05, 0.1) is 0 Å². The van der Waals surface area contributed by atoms with E-state index in [2.05, 4.69) is 0 Å². The summed E-state index contributed by atoms with van der Waals surface area (Å²) in [5.41, 5.74) is 0. The highest BCUT2D eigenvalue weighted by atomic mass is 35.5. The fourth-order valence-corrected chi connectivity index (χ4v) is 1.97. The standard InChI is InChI=1S/C8H11ClOS/c1-11(2,10)8-5-3-4-7(9)6-8/h3-6,11H,1-2H3. The summed E-state index contributed by atoms with van der Waals surface area (Å²) < 4.78 is 11.5. The minimum Gasteiger partial charge on any atom is -0.281 e. The van der Waals surface area contributed by atoms with Crippen molar-refractivity contribution in [3.63, 3.8) is 0 Å². The molecule has 62 valence electrons. The second kappa shape index (κ2) is 2.95. The van der Waals surface area contributed by atoms with Gasteiger partial charge in [0.1, 0.15) is 0 Å². The van der Waals surface area contributed by atoms with E-state index < -0.39 is 9.93 Å². The fourth-order valence-electron chi connectivity index (χ4n) is 0.811. The average molecular weight is 191 g/mol. The topological polar surface area (TPSA) is 17.1 Å². The van der Waals surface area contributed by atoms with Gasteiger partial charge in [-0.05, 0) is 30.7 Å². The van der Waals surface area contributed by atoms with Crippen LogP contribution in [0.3, 0.4) is 0 Å². The minimum atomic E-state index is -2.13. The number of hydrogen-bond donors (Lipinski definition) is 1. The Bertz CT molecular complexity index is 303. The smallest absolute Gasteiger partial charge is 0.0417 e. The molecule has 1 nitrogen and oxygen atoms in total. The highest BCUT2D eigenvalue weighted by Crippen LogP contribution is 2.17. The molecule has 1 aromatic rings. The largest absolute Gasteiger partial charge is 0.281 e. The van der Waals surface area contributed by atoms with Gasteiger partial charge >= 0.3 is 0 Å². The van der Waals surface area contributed by atoms with Crippen molar-refractivity contribution in [2.75, 3.05) is 12.5 Å². The molecule has 0 spiro atoms. The molecule has 0 radical (unpaired) electrons. The van der Waals surface area contributed by atoms with Crippen LogP contribution in [-0.2, 0) is 9.93 Å². The van der Waals surface area contributed by atoms with Crippen LogP contribution in [0.25, 0.3) is 0 Å². The molecule has 0 aliphatic rings. The molecule has 0 unspecified atom stereocenters. The molecule has 3 heteroatoms. The molecule has 0 fully saturated rings. The summed E-state index contributed by atoms with van der Waals surface area (Å²) in [7, 11) is -2.13. The molecular formula is C8H11ClOS. The van der Waals surface area contributed by atoms with Gasteiger partial charge in [0.2, 0.25) is 0 Å². The summed E-state index contributed by atoms with van der Waals surface area (Å²) >= 11 is 5.73. The van der Waals surface area contributed by atoms with Gasteiger partial charge in [0.25, 0.3) is 0 Å². The summed E-state index contributed by atoms with van der Waals surface area (Å²) in [6.07, 6.45) is 3.47. The molecule has 0 saturated carbocycles. The first-order valence-electron chi connectivity index (χ1n) is 3.31. The Balaban J connectivity index is 3.17. The number of benzene rings is 1. The third kappa shape index (κ3) is 2.31. The Morgan fingerprint density at radius 2 is 2.00 bits per heavy atom. The summed E-state index contributed by atoms with van der Waals surface area (Å²) in [6.45, 7) is 0. The van der Waals surface area contributed by atoms with E-state index in [1.54, 1.807) is 24.6 Å². The van der Waals surface area contributed by atoms with E-state index in [0.29, 0.717) is 5.02 Å². The molecule has 0 heterocycles. The van der Waals surface area contributed by atoms with Crippen molar-refractivity contribution in [1.29, 1.82) is 0 Å². The lowest BCUT2D eigenvalue weighted by Gasteiger charge is -2.11. The van der Waals surface area contributed by atoms with E-state index >= 15 is 0 Å². The van der Waals surface area contributed by atoms with Gasteiger partial charge in [0, 0.05) is 9.92 Å². The molecule has 0 aliphatic carbocycles. The Hall–Kier alpha value is -0.340. The minimum absolute atomic E-state index is 0.645. The highest BCUT2D eigenvalue weighted by molar-refractivity contribution is 8.01. The maximum absolute atomic E-state index is 11.5. The van der Waals surface area contributed by atoms with Gasteiger partial charge in [-0.1, -0.05) is 27.6 Å². The van der Waals surface area contributed by atoms with E-state index in [0.717, 1.165) is 4.90 Å². The van der Waals surface area contributed by atoms with Crippen LogP contribution in [0.15, 0.2) is 29.2 Å². The summed E-state index contributed by atoms with van der Waals surface area (Å²) in [5.74, 6) is 0. The molecule has 1 aromatic carbocycles. The Kier molecular flexibility index (Phi) is 2.35. The van der Waals surface area contributed by atoms with E-state index in [1.807, 2.05) is 12.1 Å². The van der Waals surface area contributed by atoms with Crippen LogP contribution < -0.4 is 0 Å². The zero-order chi connectivity index (χ0) is 8.48. The van der Waals surface area contributed by atoms with Crippen molar-refractivity contribution in [3.8, 4) is 0 Å². The van der Waals surface area contributed by atoms with Gasteiger partial charge in [-0.3, -0.25) is 4.21 Å². The van der Waals surface area contributed by atoms with E-state index in [9.17, 15) is 4.21 Å². The first-order chi connectivity index (χ1) is 5.00. The number of thiol groups is 1. The lowest BCUT2D eigenvalue weighted by atomic mass is 10.4. The number of hydrogen-bond acceptors (Lipinski definition) is 1. The van der Waals surface area contributed by atoms with Crippen molar-refractivity contribution >= 4 is 21.5 Å². The monoisotopic (exact) mass is 190 g/mol. The zero-order valence-electron chi connectivity index (χ0n) is 6.54. The van der Waals surface area contributed by atoms with Crippen molar-refractivity contribution in [2.45, 2.75) is 4.90 Å². The summed E-state index contributed by atoms with van der Waals surface area (Å²) in [5, 5.41) is 0.645. The van der Waals surface area contributed by atoms with Gasteiger partial charge in [-0.25, -0.2) is 0 Å². The lowest BCUT2D eigenvalue weighted by Crippen LogP contribution is -2.05. The fraction of sp³-hybridized carbons (Fsp3) is 0.250. The molecule has 0 saturated heterocycles. The Morgan fingerprint density at radius 1 is 1.36 bits per heavy atom. The van der Waals surface area contributed by atoms with Crippen molar-refractivity contribution in [3.05, 3.63) is 29.3 Å². The van der Waals surface area contributed by atoms with Gasteiger partial charge in [-0.15, -0.1) is 0 Å². The molecular weight excluding hydrogens is 180 g/mol. The van der Waals surface area contributed by atoms with Gasteiger partial charge in [-0.2, -0.15) is 0 Å². The molecule has 0 atom stereocenters. The van der Waals surface area contributed by atoms with Crippen molar-refractivity contribution < 1.29 is 4.21 Å². The summed E-state index contributed by atoms with van der Waals surface area (Å²) in [6, 6.07) is 7.19. The third-order valence-corrected chi connectivity index (χ3v) is 3.19. The van der Waals surface area contributed by atoms with Crippen LogP contribution in [0.2, 0.25) is 5.02 Å². The first kappa shape index (κ1) is 8.75. The van der Waals surface area contributed by atoms with Crippen LogP contribution >= 0.6 is 11.6 Å². The second-order valence-electron chi connectivity index (χ2n) is 2.83. The van der Waals surface area contributed by atoms with E-state index in [-0.39, 0.29) is 0 Å². The maximum atomic E-state index is 11.5. The lowest BCUT2D eigenvalue weighted by molar-refractivity contribution is 0.678. The van der Waals surface area contributed by atoms with Crippen LogP contribution in [0.1, 0.15) is 0 Å². The Labute approximate surface area is 72.8 Å². The normalized spacial score (nSPS) is 13.0. The predicted molar refractivity (Wildman–Crippen MR) is 51.1 cm³/mol. The van der Waals surface area contributed by atoms with Crippen LogP contribution in [-0.4, -0.2) is 16.7 Å². The van der Waals surface area contributed by atoms with Crippen LogP contribution in [0, 0.1) is 0 Å². The van der Waals surface area contributed by atoms with Crippen molar-refractivity contribution in [2.24, 2.45) is 0 Å². The summed E-state index contributed by atoms with van der Waals surface area (Å²) in [4.78, 5) is 0.838. The zero-order valence-corrected chi connectivity index (χ0v) is 8.19. The molecule has 11 heavy (non-hydrogen) atoms. The van der Waals surface area contributed by atoms with Crippen LogP contribution in [0.5, 0.6) is 0 Å². The van der Waals surface area contributed by atoms with Gasteiger partial charge in [0.15, 0.2) is 0 Å². The van der Waals surface area contributed by atoms with Gasteiger partial charge < -0.3 is 0 Å². The molecule has 0 bridgehead atoms. The molecule has 0 N–H and O–H groups in total. The first-order valence-corrected chi connectivity index (χ1v) is 6.29. The molecule has 0 aliphatic heterocycles. The van der Waals surface area contributed by atoms with Crippen molar-refractivity contribution in [1.82, 2.24) is 0 Å². The number of rotatable bonds is 1. The predicted octanol–water partition coefficient (Wildman–Crippen LogP) is 1.98. The molecule has 1 rings (SSSR count). The highest BCUT2D eigenvalue weighted by Gasteiger charge is 2.03.